The van der Waals surface area contributed by atoms with Gasteiger partial charge >= 0.3 is 0 Å². The molecule has 1 heterocycles. The van der Waals surface area contributed by atoms with Gasteiger partial charge in [-0.2, -0.15) is 4.31 Å². The number of nitrogens with two attached hydrogens (primary N) is 1. The van der Waals surface area contributed by atoms with E-state index in [4.69, 9.17) is 17.3 Å². The molecule has 0 saturated heterocycles. The molecule has 0 unspecified atom stereocenters. The molecule has 0 fully saturated rings. The molecule has 1 aromatic heterocycles. The summed E-state index contributed by atoms with van der Waals surface area (Å²) in [6.45, 7) is 3.54. The van der Waals surface area contributed by atoms with E-state index in [2.05, 4.69) is 4.98 Å². The van der Waals surface area contributed by atoms with Crippen LogP contribution < -0.4 is 5.73 Å². The third kappa shape index (κ3) is 4.45. The van der Waals surface area contributed by atoms with Crippen LogP contribution in [0.15, 0.2) is 23.2 Å². The van der Waals surface area contributed by atoms with Crippen LogP contribution in [0.25, 0.3) is 0 Å². The number of hydrogen-bond acceptors (Lipinski definition) is 4. The lowest BCUT2D eigenvalue weighted by molar-refractivity contribution is -0.118. The lowest BCUT2D eigenvalue weighted by Gasteiger charge is -2.22. The van der Waals surface area contributed by atoms with Gasteiger partial charge in [0.05, 0.1) is 11.4 Å². The highest BCUT2D eigenvalue weighted by atomic mass is 35.5. The van der Waals surface area contributed by atoms with E-state index >= 15 is 0 Å². The number of pyridine rings is 1. The van der Waals surface area contributed by atoms with Gasteiger partial charge in [-0.05, 0) is 18.1 Å². The predicted octanol–water partition coefficient (Wildman–Crippen LogP) is 0.867. The number of nitrogens with zero attached hydrogens (tertiary/aromatic N) is 2. The highest BCUT2D eigenvalue weighted by Gasteiger charge is 2.26. The van der Waals surface area contributed by atoms with Crippen LogP contribution in [0.4, 0.5) is 0 Å². The second kappa shape index (κ2) is 6.31. The number of sulfonamides is 1. The van der Waals surface area contributed by atoms with Crippen LogP contribution >= 0.6 is 11.6 Å². The molecule has 1 amide bonds. The summed E-state index contributed by atoms with van der Waals surface area (Å²) in [6.07, 6.45) is 1.30. The fraction of sp³-hybridized carbons (Fsp3) is 0.455. The Morgan fingerprint density at radius 2 is 2.16 bits per heavy atom. The quantitative estimate of drug-likeness (QED) is 0.789. The molecule has 0 spiro atoms. The normalized spacial score (nSPS) is 12.1. The molecule has 0 atom stereocenters. The maximum atomic E-state index is 12.4. The number of aromatic nitrogens is 1. The van der Waals surface area contributed by atoms with Gasteiger partial charge in [0, 0.05) is 12.7 Å². The van der Waals surface area contributed by atoms with Crippen molar-refractivity contribution in [1.29, 1.82) is 0 Å². The monoisotopic (exact) mass is 305 g/mol. The number of carbonyl (C=O) groups is 1. The Balaban J connectivity index is 3.15. The summed E-state index contributed by atoms with van der Waals surface area (Å²) in [7, 11) is -3.81. The second-order valence-corrected chi connectivity index (χ2v) is 6.80. The summed E-state index contributed by atoms with van der Waals surface area (Å²) >= 11 is 5.68. The average molecular weight is 306 g/mol. The van der Waals surface area contributed by atoms with Gasteiger partial charge in [0.1, 0.15) is 5.15 Å². The molecule has 1 rings (SSSR count). The predicted molar refractivity (Wildman–Crippen MR) is 72.0 cm³/mol. The van der Waals surface area contributed by atoms with Crippen LogP contribution in [0.3, 0.4) is 0 Å². The highest BCUT2D eigenvalue weighted by molar-refractivity contribution is 7.89. The third-order valence-electron chi connectivity index (χ3n) is 2.24. The molecule has 0 aliphatic carbocycles. The summed E-state index contributed by atoms with van der Waals surface area (Å²) in [6, 6.07) is 2.57. The molecule has 0 aliphatic heterocycles. The van der Waals surface area contributed by atoms with Gasteiger partial charge in [-0.15, -0.1) is 0 Å². The standard InChI is InChI=1S/C11H16ClN3O3S/c1-8(2)6-15(7-11(13)16)19(17,18)9-3-4-14-10(12)5-9/h3-5,8H,6-7H2,1-2H3,(H2,13,16). The molecular weight excluding hydrogens is 290 g/mol. The van der Waals surface area contributed by atoms with Gasteiger partial charge in [-0.1, -0.05) is 25.4 Å². The van der Waals surface area contributed by atoms with Crippen molar-refractivity contribution in [1.82, 2.24) is 9.29 Å². The number of halogens is 1. The molecule has 106 valence electrons. The molecule has 0 aromatic carbocycles. The van der Waals surface area contributed by atoms with Crippen LogP contribution in [-0.4, -0.2) is 36.7 Å². The zero-order valence-corrected chi connectivity index (χ0v) is 12.3. The van der Waals surface area contributed by atoms with E-state index in [-0.39, 0.29) is 29.1 Å². The molecule has 19 heavy (non-hydrogen) atoms. The van der Waals surface area contributed by atoms with Crippen LogP contribution in [0.1, 0.15) is 13.8 Å². The molecular formula is C11H16ClN3O3S. The summed E-state index contributed by atoms with van der Waals surface area (Å²) in [5.74, 6) is -0.643. The Morgan fingerprint density at radius 1 is 1.53 bits per heavy atom. The number of carbonyl (C=O) groups excluding carboxylic acids is 1. The average Bonchev–Trinajstić information content (AvgIpc) is 2.26. The van der Waals surface area contributed by atoms with E-state index in [1.165, 1.54) is 18.3 Å². The van der Waals surface area contributed by atoms with Crippen molar-refractivity contribution in [3.63, 3.8) is 0 Å². The van der Waals surface area contributed by atoms with Crippen molar-refractivity contribution in [2.45, 2.75) is 18.7 Å². The van der Waals surface area contributed by atoms with Crippen molar-refractivity contribution in [3.8, 4) is 0 Å². The fourth-order valence-electron chi connectivity index (χ4n) is 1.52. The topological polar surface area (TPSA) is 93.4 Å². The highest BCUT2D eigenvalue weighted by Crippen LogP contribution is 2.18. The van der Waals surface area contributed by atoms with Crippen LogP contribution in [0, 0.1) is 5.92 Å². The Labute approximate surface area is 117 Å². The van der Waals surface area contributed by atoms with E-state index < -0.39 is 15.9 Å². The maximum Gasteiger partial charge on any atom is 0.243 e. The van der Waals surface area contributed by atoms with Crippen molar-refractivity contribution >= 4 is 27.5 Å². The smallest absolute Gasteiger partial charge is 0.243 e. The molecule has 6 nitrogen and oxygen atoms in total. The Hall–Kier alpha value is -1.18. The molecule has 0 radical (unpaired) electrons. The molecule has 0 aliphatic rings. The number of hydrogen-bond donors (Lipinski definition) is 1. The van der Waals surface area contributed by atoms with E-state index in [1.807, 2.05) is 13.8 Å². The third-order valence-corrected chi connectivity index (χ3v) is 4.25. The minimum Gasteiger partial charge on any atom is -0.369 e. The van der Waals surface area contributed by atoms with Crippen molar-refractivity contribution in [2.24, 2.45) is 11.7 Å². The van der Waals surface area contributed by atoms with Crippen LogP contribution in [-0.2, 0) is 14.8 Å². The van der Waals surface area contributed by atoms with Gasteiger partial charge in [-0.3, -0.25) is 4.79 Å². The second-order valence-electron chi connectivity index (χ2n) is 4.47. The number of amides is 1. The number of primary amides is 1. The first-order valence-corrected chi connectivity index (χ1v) is 7.45. The van der Waals surface area contributed by atoms with Crippen molar-refractivity contribution in [3.05, 3.63) is 23.5 Å². The Kier molecular flexibility index (Phi) is 5.28. The summed E-state index contributed by atoms with van der Waals surface area (Å²) in [5, 5.41) is 0.0737. The zero-order valence-electron chi connectivity index (χ0n) is 10.7. The molecule has 2 N–H and O–H groups in total. The van der Waals surface area contributed by atoms with Gasteiger partial charge in [0.2, 0.25) is 15.9 Å². The first-order chi connectivity index (χ1) is 8.73. The summed E-state index contributed by atoms with van der Waals surface area (Å²) < 4.78 is 25.8. The first kappa shape index (κ1) is 15.9. The molecule has 1 aromatic rings. The van der Waals surface area contributed by atoms with Gasteiger partial charge < -0.3 is 5.73 Å². The minimum absolute atomic E-state index is 0.00519. The van der Waals surface area contributed by atoms with Crippen molar-refractivity contribution < 1.29 is 13.2 Å². The maximum absolute atomic E-state index is 12.4. The Bertz CT molecular complexity index is 560. The van der Waals surface area contributed by atoms with Gasteiger partial charge in [-0.25, -0.2) is 13.4 Å². The largest absolute Gasteiger partial charge is 0.369 e. The van der Waals surface area contributed by atoms with E-state index in [9.17, 15) is 13.2 Å². The lowest BCUT2D eigenvalue weighted by Crippen LogP contribution is -2.40. The Morgan fingerprint density at radius 3 is 2.63 bits per heavy atom. The van der Waals surface area contributed by atoms with E-state index in [1.54, 1.807) is 0 Å². The summed E-state index contributed by atoms with van der Waals surface area (Å²) in [5.41, 5.74) is 5.09. The zero-order chi connectivity index (χ0) is 14.6. The lowest BCUT2D eigenvalue weighted by atomic mass is 10.2. The number of rotatable bonds is 6. The van der Waals surface area contributed by atoms with Gasteiger partial charge in [0.15, 0.2) is 0 Å². The minimum atomic E-state index is -3.81. The molecule has 0 bridgehead atoms. The van der Waals surface area contributed by atoms with Crippen LogP contribution in [0.2, 0.25) is 5.15 Å². The van der Waals surface area contributed by atoms with Crippen LogP contribution in [0.5, 0.6) is 0 Å². The first-order valence-electron chi connectivity index (χ1n) is 5.63. The van der Waals surface area contributed by atoms with Crippen molar-refractivity contribution in [2.75, 3.05) is 13.1 Å². The molecule has 0 saturated carbocycles. The summed E-state index contributed by atoms with van der Waals surface area (Å²) in [4.78, 5) is 14.7. The van der Waals surface area contributed by atoms with E-state index in [0.717, 1.165) is 4.31 Å². The van der Waals surface area contributed by atoms with E-state index in [0.29, 0.717) is 0 Å². The fourth-order valence-corrected chi connectivity index (χ4v) is 3.34. The SMILES string of the molecule is CC(C)CN(CC(N)=O)S(=O)(=O)c1ccnc(Cl)c1. The molecule has 8 heteroatoms. The van der Waals surface area contributed by atoms with Gasteiger partial charge in [0.25, 0.3) is 0 Å².